The second-order valence-electron chi connectivity index (χ2n) is 17.8. The molecule has 17 heteroatoms. The van der Waals surface area contributed by atoms with Crippen molar-refractivity contribution in [3.05, 3.63) is 240 Å². The summed E-state index contributed by atoms with van der Waals surface area (Å²) >= 11 is 0. The van der Waals surface area contributed by atoms with E-state index in [4.69, 9.17) is 52.1 Å². The van der Waals surface area contributed by atoms with Crippen molar-refractivity contribution in [1.29, 1.82) is 0 Å². The molecule has 2 aliphatic rings. The van der Waals surface area contributed by atoms with Crippen molar-refractivity contribution in [2.75, 3.05) is 13.7 Å². The first-order valence-corrected chi connectivity index (χ1v) is 24.8. The van der Waals surface area contributed by atoms with E-state index in [9.17, 15) is 28.8 Å². The average Bonchev–Trinajstić information content (AvgIpc) is 3.57. The molecule has 0 N–H and O–H groups in total. The van der Waals surface area contributed by atoms with Crippen LogP contribution in [-0.4, -0.2) is 111 Å². The van der Waals surface area contributed by atoms with E-state index >= 15 is 0 Å². The molecule has 2 fully saturated rings. The standard InChI is InChI=1S/C61H52O17/c1-38-48(73-55(63)40-23-11-4-12-24-40)50(75-57(65)42-27-15-6-16-28-42)53(60(70-38)71-46-35-33-45(68-2)34-36-46)78-61-52(77-59(67)44-31-19-8-20-32-44)51(76-58(66)43-29-17-7-18-30-43)49(74-56(64)41-25-13-5-14-26-41)47(72-61)37-69-54(62)39-21-9-3-10-22-39/h3-36,38,47-53,60-61H,37H2,1-2H3/t38-,47+,48-,49+,50+,51-,52+,53+,60-,61-/m0/s1. The third-order valence-electron chi connectivity index (χ3n) is 12.6. The number of hydrogen-bond acceptors (Lipinski definition) is 17. The van der Waals surface area contributed by atoms with E-state index in [0.717, 1.165) is 0 Å². The molecule has 7 aromatic rings. The molecule has 0 spiro atoms. The van der Waals surface area contributed by atoms with Gasteiger partial charge in [-0.3, -0.25) is 0 Å². The van der Waals surface area contributed by atoms with E-state index in [1.165, 1.54) is 79.9 Å². The van der Waals surface area contributed by atoms with Crippen molar-refractivity contribution >= 4 is 35.8 Å². The Balaban J connectivity index is 1.19. The molecular formula is C61H52O17. The molecule has 78 heavy (non-hydrogen) atoms. The second kappa shape index (κ2) is 25.6. The maximum Gasteiger partial charge on any atom is 0.338 e. The minimum Gasteiger partial charge on any atom is -0.497 e. The zero-order valence-electron chi connectivity index (χ0n) is 42.1. The summed E-state index contributed by atoms with van der Waals surface area (Å²) in [6, 6.07) is 54.1. The molecule has 17 nitrogen and oxygen atoms in total. The van der Waals surface area contributed by atoms with Gasteiger partial charge in [-0.15, -0.1) is 0 Å². The molecule has 0 radical (unpaired) electrons. The number of methoxy groups -OCH3 is 1. The Bertz CT molecular complexity index is 3110. The predicted molar refractivity (Wildman–Crippen MR) is 276 cm³/mol. The highest BCUT2D eigenvalue weighted by Crippen LogP contribution is 2.37. The highest BCUT2D eigenvalue weighted by molar-refractivity contribution is 5.92. The van der Waals surface area contributed by atoms with Crippen molar-refractivity contribution < 1.29 is 80.9 Å². The molecular weight excluding hydrogens is 1000 g/mol. The molecule has 0 unspecified atom stereocenters. The monoisotopic (exact) mass is 1060 g/mol. The Morgan fingerprint density at radius 1 is 0.359 bits per heavy atom. The maximum absolute atomic E-state index is 14.5. The molecule has 0 aromatic heterocycles. The van der Waals surface area contributed by atoms with Gasteiger partial charge >= 0.3 is 35.8 Å². The number of hydrogen-bond donors (Lipinski definition) is 0. The Kier molecular flexibility index (Phi) is 17.6. The lowest BCUT2D eigenvalue weighted by Gasteiger charge is -2.48. The number of ether oxygens (including phenoxy) is 11. The largest absolute Gasteiger partial charge is 0.497 e. The summed E-state index contributed by atoms with van der Waals surface area (Å²) in [5.41, 5.74) is 0.589. The topological polar surface area (TPSA) is 204 Å². The fraction of sp³-hybridized carbons (Fsp3) is 0.213. The van der Waals surface area contributed by atoms with Crippen molar-refractivity contribution in [2.45, 2.75) is 68.3 Å². The van der Waals surface area contributed by atoms with Crippen LogP contribution in [-0.2, 0) is 42.6 Å². The van der Waals surface area contributed by atoms with Crippen molar-refractivity contribution in [2.24, 2.45) is 0 Å². The summed E-state index contributed by atoms with van der Waals surface area (Å²) in [5.74, 6) is -4.65. The SMILES string of the molecule is COc1ccc(O[C@@H]2O[C@@H](C)[C@H](OC(=O)c3ccccc3)[C@@H](OC(=O)c3ccccc3)[C@H]2O[C@@H]2O[C@H](COC(=O)c3ccccc3)[C@@H](OC(=O)c3ccccc3)[C@H](OC(=O)c3ccccc3)[C@H]2OC(=O)c2ccccc2)cc1. The molecule has 0 aliphatic carbocycles. The Hall–Kier alpha value is -9.16. The van der Waals surface area contributed by atoms with E-state index < -0.39 is 104 Å². The fourth-order valence-electron chi connectivity index (χ4n) is 8.62. The summed E-state index contributed by atoms with van der Waals surface area (Å²) in [4.78, 5) is 85.3. The van der Waals surface area contributed by atoms with Crippen LogP contribution in [0.1, 0.15) is 69.1 Å². The van der Waals surface area contributed by atoms with Crippen LogP contribution in [0.15, 0.2) is 206 Å². The van der Waals surface area contributed by atoms with Gasteiger partial charge < -0.3 is 52.1 Å². The lowest BCUT2D eigenvalue weighted by atomic mass is 9.96. The Morgan fingerprint density at radius 2 is 0.692 bits per heavy atom. The van der Waals surface area contributed by atoms with Crippen LogP contribution in [0.3, 0.4) is 0 Å². The third-order valence-corrected chi connectivity index (χ3v) is 12.6. The molecule has 2 heterocycles. The molecule has 2 saturated heterocycles. The molecule has 398 valence electrons. The van der Waals surface area contributed by atoms with Gasteiger partial charge in [0.2, 0.25) is 6.29 Å². The lowest BCUT2D eigenvalue weighted by Crippen LogP contribution is -2.67. The number of carbonyl (C=O) groups excluding carboxylic acids is 6. The van der Waals surface area contributed by atoms with Crippen molar-refractivity contribution in [1.82, 2.24) is 0 Å². The number of rotatable bonds is 18. The second-order valence-corrected chi connectivity index (χ2v) is 17.8. The van der Waals surface area contributed by atoms with Crippen LogP contribution in [0.4, 0.5) is 0 Å². The lowest BCUT2D eigenvalue weighted by molar-refractivity contribution is -0.352. The zero-order chi connectivity index (χ0) is 54.4. The molecule has 0 amide bonds. The maximum atomic E-state index is 14.5. The van der Waals surface area contributed by atoms with Crippen LogP contribution in [0, 0.1) is 0 Å². The summed E-state index contributed by atoms with van der Waals surface area (Å²) in [5, 5.41) is 0. The van der Waals surface area contributed by atoms with Gasteiger partial charge in [-0.1, -0.05) is 109 Å². The van der Waals surface area contributed by atoms with Crippen LogP contribution >= 0.6 is 0 Å². The van der Waals surface area contributed by atoms with Gasteiger partial charge in [0.1, 0.15) is 24.2 Å². The first kappa shape index (κ1) is 53.7. The predicted octanol–water partition coefficient (Wildman–Crippen LogP) is 8.91. The van der Waals surface area contributed by atoms with Gasteiger partial charge in [0.25, 0.3) is 0 Å². The van der Waals surface area contributed by atoms with E-state index in [0.29, 0.717) is 5.75 Å². The number of carbonyl (C=O) groups is 6. The minimum atomic E-state index is -1.97. The zero-order valence-corrected chi connectivity index (χ0v) is 42.1. The summed E-state index contributed by atoms with van der Waals surface area (Å²) < 4.78 is 69.5. The van der Waals surface area contributed by atoms with Crippen LogP contribution < -0.4 is 9.47 Å². The van der Waals surface area contributed by atoms with Crippen molar-refractivity contribution in [3.63, 3.8) is 0 Å². The Labute approximate surface area is 448 Å². The normalized spacial score (nSPS) is 22.5. The summed E-state index contributed by atoms with van der Waals surface area (Å²) in [7, 11) is 1.49. The van der Waals surface area contributed by atoms with Gasteiger partial charge in [-0.05, 0) is 104 Å². The van der Waals surface area contributed by atoms with Gasteiger partial charge in [0.05, 0.1) is 46.6 Å². The van der Waals surface area contributed by atoms with Gasteiger partial charge in [-0.2, -0.15) is 0 Å². The first-order chi connectivity index (χ1) is 38.0. The van der Waals surface area contributed by atoms with Gasteiger partial charge in [0, 0.05) is 0 Å². The first-order valence-electron chi connectivity index (χ1n) is 24.8. The van der Waals surface area contributed by atoms with E-state index in [1.54, 1.807) is 140 Å². The van der Waals surface area contributed by atoms with Crippen LogP contribution in [0.2, 0.25) is 0 Å². The molecule has 7 aromatic carbocycles. The highest BCUT2D eigenvalue weighted by Gasteiger charge is 2.58. The molecule has 0 bridgehead atoms. The van der Waals surface area contributed by atoms with E-state index in [1.807, 2.05) is 0 Å². The molecule has 0 saturated carbocycles. The van der Waals surface area contributed by atoms with E-state index in [-0.39, 0.29) is 39.1 Å². The van der Waals surface area contributed by atoms with Crippen LogP contribution in [0.25, 0.3) is 0 Å². The summed E-state index contributed by atoms with van der Waals surface area (Å²) in [6.45, 7) is 0.892. The van der Waals surface area contributed by atoms with Crippen molar-refractivity contribution in [3.8, 4) is 11.5 Å². The van der Waals surface area contributed by atoms with Crippen LogP contribution in [0.5, 0.6) is 11.5 Å². The molecule has 2 aliphatic heterocycles. The Morgan fingerprint density at radius 3 is 1.09 bits per heavy atom. The minimum absolute atomic E-state index is 0.0410. The molecule has 9 rings (SSSR count). The number of benzene rings is 7. The van der Waals surface area contributed by atoms with Gasteiger partial charge in [-0.25, -0.2) is 28.8 Å². The average molecular weight is 1060 g/mol. The highest BCUT2D eigenvalue weighted by atomic mass is 16.8. The smallest absolute Gasteiger partial charge is 0.338 e. The third kappa shape index (κ3) is 13.3. The quantitative estimate of drug-likeness (QED) is 0.0581. The summed E-state index contributed by atoms with van der Waals surface area (Å²) in [6.07, 6.45) is -16.6. The number of esters is 6. The molecule has 10 atom stereocenters. The van der Waals surface area contributed by atoms with E-state index in [2.05, 4.69) is 0 Å². The fourth-order valence-corrected chi connectivity index (χ4v) is 8.62. The van der Waals surface area contributed by atoms with Gasteiger partial charge in [0.15, 0.2) is 42.9 Å².